The largest absolute Gasteiger partial charge is 0.476 e. The Labute approximate surface area is 159 Å². The van der Waals surface area contributed by atoms with Crippen LogP contribution in [0.4, 0.5) is 13.2 Å². The van der Waals surface area contributed by atoms with Crippen LogP contribution in [-0.4, -0.2) is 63.9 Å². The minimum Gasteiger partial charge on any atom is -0.476 e. The SMILES string of the molecule is CN(C)CCN(Cc1cccc(C(F)(F)F)c1)C(=O)c1cnc(C(=O)O)cn1. The van der Waals surface area contributed by atoms with Gasteiger partial charge in [-0.1, -0.05) is 12.1 Å². The van der Waals surface area contributed by atoms with Crippen LogP contribution in [0.3, 0.4) is 0 Å². The number of carbonyl (C=O) groups excluding carboxylic acids is 1. The minimum atomic E-state index is -4.48. The van der Waals surface area contributed by atoms with Gasteiger partial charge in [-0.15, -0.1) is 0 Å². The van der Waals surface area contributed by atoms with Crippen molar-refractivity contribution in [2.75, 3.05) is 27.2 Å². The van der Waals surface area contributed by atoms with Gasteiger partial charge in [-0.05, 0) is 31.8 Å². The van der Waals surface area contributed by atoms with Crippen molar-refractivity contribution in [2.24, 2.45) is 0 Å². The summed E-state index contributed by atoms with van der Waals surface area (Å²) in [6.07, 6.45) is -2.48. The number of benzene rings is 1. The zero-order chi connectivity index (χ0) is 20.9. The lowest BCUT2D eigenvalue weighted by Crippen LogP contribution is -2.36. The predicted molar refractivity (Wildman–Crippen MR) is 93.7 cm³/mol. The lowest BCUT2D eigenvalue weighted by Gasteiger charge is -2.24. The Morgan fingerprint density at radius 2 is 1.71 bits per heavy atom. The fraction of sp³-hybridized carbons (Fsp3) is 0.333. The molecule has 0 aliphatic carbocycles. The zero-order valence-corrected chi connectivity index (χ0v) is 15.3. The maximum atomic E-state index is 12.9. The quantitative estimate of drug-likeness (QED) is 0.774. The molecular formula is C18H19F3N4O3. The van der Waals surface area contributed by atoms with Crippen LogP contribution in [0, 0.1) is 0 Å². The van der Waals surface area contributed by atoms with Crippen molar-refractivity contribution in [3.05, 3.63) is 59.2 Å². The third-order valence-corrected chi connectivity index (χ3v) is 3.82. The van der Waals surface area contributed by atoms with E-state index in [-0.39, 0.29) is 24.5 Å². The maximum absolute atomic E-state index is 12.9. The molecule has 10 heteroatoms. The van der Waals surface area contributed by atoms with E-state index in [0.29, 0.717) is 12.1 Å². The number of halogens is 3. The van der Waals surface area contributed by atoms with E-state index < -0.39 is 23.6 Å². The summed E-state index contributed by atoms with van der Waals surface area (Å²) >= 11 is 0. The predicted octanol–water partition coefficient (Wildman–Crippen LogP) is 2.40. The van der Waals surface area contributed by atoms with Gasteiger partial charge in [0.2, 0.25) is 0 Å². The minimum absolute atomic E-state index is 0.0566. The highest BCUT2D eigenvalue weighted by Crippen LogP contribution is 2.29. The van der Waals surface area contributed by atoms with E-state index >= 15 is 0 Å². The second kappa shape index (κ2) is 8.79. The molecule has 0 spiro atoms. The molecule has 1 aromatic carbocycles. The summed E-state index contributed by atoms with van der Waals surface area (Å²) in [5.74, 6) is -1.83. The first kappa shape index (κ1) is 21.3. The fourth-order valence-corrected chi connectivity index (χ4v) is 2.35. The molecule has 0 aliphatic rings. The Balaban J connectivity index is 2.26. The number of aromatic nitrogens is 2. The number of carbonyl (C=O) groups is 2. The average Bonchev–Trinajstić information content (AvgIpc) is 2.64. The third kappa shape index (κ3) is 5.74. The smallest absolute Gasteiger partial charge is 0.416 e. The summed E-state index contributed by atoms with van der Waals surface area (Å²) in [6.45, 7) is 0.661. The molecule has 0 atom stereocenters. The van der Waals surface area contributed by atoms with Crippen molar-refractivity contribution < 1.29 is 27.9 Å². The van der Waals surface area contributed by atoms with E-state index in [4.69, 9.17) is 5.11 Å². The Kier molecular flexibility index (Phi) is 6.68. The van der Waals surface area contributed by atoms with E-state index in [1.54, 1.807) is 14.1 Å². The van der Waals surface area contributed by atoms with Gasteiger partial charge in [-0.3, -0.25) is 4.79 Å². The molecule has 1 heterocycles. The standard InChI is InChI=1S/C18H19F3N4O3/c1-24(2)6-7-25(11-12-4-3-5-13(8-12)18(19,20)21)16(26)14-9-23-15(10-22-14)17(27)28/h3-5,8-10H,6-7,11H2,1-2H3,(H,27,28). The van der Waals surface area contributed by atoms with Gasteiger partial charge < -0.3 is 14.9 Å². The van der Waals surface area contributed by atoms with Crippen LogP contribution in [-0.2, 0) is 12.7 Å². The Bertz CT molecular complexity index is 839. The molecule has 28 heavy (non-hydrogen) atoms. The topological polar surface area (TPSA) is 86.6 Å². The average molecular weight is 396 g/mol. The third-order valence-electron chi connectivity index (χ3n) is 3.82. The van der Waals surface area contributed by atoms with Crippen LogP contribution in [0.5, 0.6) is 0 Å². The highest BCUT2D eigenvalue weighted by atomic mass is 19.4. The molecule has 0 unspecified atom stereocenters. The number of aromatic carboxylic acids is 1. The first-order chi connectivity index (χ1) is 13.1. The van der Waals surface area contributed by atoms with E-state index in [9.17, 15) is 22.8 Å². The van der Waals surface area contributed by atoms with E-state index in [1.165, 1.54) is 17.0 Å². The number of hydrogen-bond acceptors (Lipinski definition) is 5. The molecule has 0 radical (unpaired) electrons. The summed E-state index contributed by atoms with van der Waals surface area (Å²) in [7, 11) is 3.60. The van der Waals surface area contributed by atoms with Crippen molar-refractivity contribution in [2.45, 2.75) is 12.7 Å². The van der Waals surface area contributed by atoms with Gasteiger partial charge in [0.15, 0.2) is 5.69 Å². The van der Waals surface area contributed by atoms with Crippen molar-refractivity contribution in [1.82, 2.24) is 19.8 Å². The van der Waals surface area contributed by atoms with Crippen LogP contribution in [0.1, 0.15) is 32.1 Å². The highest BCUT2D eigenvalue weighted by molar-refractivity contribution is 5.92. The van der Waals surface area contributed by atoms with Gasteiger partial charge in [0.05, 0.1) is 18.0 Å². The lowest BCUT2D eigenvalue weighted by molar-refractivity contribution is -0.137. The van der Waals surface area contributed by atoms with Crippen molar-refractivity contribution in [3.63, 3.8) is 0 Å². The number of likely N-dealkylation sites (N-methyl/N-ethyl adjacent to an activating group) is 1. The number of nitrogens with zero attached hydrogens (tertiary/aromatic N) is 4. The van der Waals surface area contributed by atoms with Crippen LogP contribution in [0.2, 0.25) is 0 Å². The van der Waals surface area contributed by atoms with E-state index in [1.807, 2.05) is 4.90 Å². The molecule has 0 bridgehead atoms. The first-order valence-electron chi connectivity index (χ1n) is 8.23. The maximum Gasteiger partial charge on any atom is 0.416 e. The van der Waals surface area contributed by atoms with Crippen molar-refractivity contribution in [3.8, 4) is 0 Å². The first-order valence-corrected chi connectivity index (χ1v) is 8.23. The van der Waals surface area contributed by atoms with E-state index in [0.717, 1.165) is 24.5 Å². The lowest BCUT2D eigenvalue weighted by atomic mass is 10.1. The summed E-state index contributed by atoms with van der Waals surface area (Å²) in [4.78, 5) is 34.3. The molecule has 1 amide bonds. The molecule has 0 aliphatic heterocycles. The Hall–Kier alpha value is -3.01. The number of amides is 1. The Morgan fingerprint density at radius 1 is 1.07 bits per heavy atom. The summed E-state index contributed by atoms with van der Waals surface area (Å²) in [5.41, 5.74) is -0.877. The monoisotopic (exact) mass is 396 g/mol. The molecule has 0 saturated carbocycles. The Morgan fingerprint density at radius 3 is 2.25 bits per heavy atom. The molecule has 0 saturated heterocycles. The van der Waals surface area contributed by atoms with Gasteiger partial charge in [0, 0.05) is 19.6 Å². The molecule has 1 aromatic heterocycles. The number of alkyl halides is 3. The zero-order valence-electron chi connectivity index (χ0n) is 15.3. The number of carboxylic acids is 1. The number of rotatable bonds is 7. The van der Waals surface area contributed by atoms with Crippen LogP contribution >= 0.6 is 0 Å². The van der Waals surface area contributed by atoms with Crippen LogP contribution in [0.25, 0.3) is 0 Å². The number of carboxylic acid groups (broad SMARTS) is 1. The second-order valence-electron chi connectivity index (χ2n) is 6.32. The molecule has 2 rings (SSSR count). The molecule has 7 nitrogen and oxygen atoms in total. The molecular weight excluding hydrogens is 377 g/mol. The molecule has 1 N–H and O–H groups in total. The highest BCUT2D eigenvalue weighted by Gasteiger charge is 2.30. The van der Waals surface area contributed by atoms with Gasteiger partial charge in [-0.2, -0.15) is 13.2 Å². The molecule has 2 aromatic rings. The van der Waals surface area contributed by atoms with E-state index in [2.05, 4.69) is 9.97 Å². The normalized spacial score (nSPS) is 11.5. The molecule has 0 fully saturated rings. The van der Waals surface area contributed by atoms with Gasteiger partial charge >= 0.3 is 12.1 Å². The van der Waals surface area contributed by atoms with Crippen molar-refractivity contribution >= 4 is 11.9 Å². The van der Waals surface area contributed by atoms with Crippen LogP contribution in [0.15, 0.2) is 36.7 Å². The number of hydrogen-bond donors (Lipinski definition) is 1. The van der Waals surface area contributed by atoms with Crippen LogP contribution < -0.4 is 0 Å². The summed E-state index contributed by atoms with van der Waals surface area (Å²) < 4.78 is 38.8. The van der Waals surface area contributed by atoms with Gasteiger partial charge in [0.1, 0.15) is 5.69 Å². The second-order valence-corrected chi connectivity index (χ2v) is 6.32. The van der Waals surface area contributed by atoms with Gasteiger partial charge in [-0.25, -0.2) is 14.8 Å². The van der Waals surface area contributed by atoms with Crippen molar-refractivity contribution in [1.29, 1.82) is 0 Å². The summed E-state index contributed by atoms with van der Waals surface area (Å²) in [6, 6.07) is 4.75. The summed E-state index contributed by atoms with van der Waals surface area (Å²) in [5, 5.41) is 8.86. The fourth-order valence-electron chi connectivity index (χ4n) is 2.35. The van der Waals surface area contributed by atoms with Gasteiger partial charge in [0.25, 0.3) is 5.91 Å². The molecule has 150 valence electrons.